The van der Waals surface area contributed by atoms with Crippen molar-refractivity contribution in [1.82, 2.24) is 9.78 Å². The second kappa shape index (κ2) is 4.02. The minimum absolute atomic E-state index is 0.113. The fourth-order valence-corrected chi connectivity index (χ4v) is 1.38. The van der Waals surface area contributed by atoms with Crippen molar-refractivity contribution in [2.75, 3.05) is 0 Å². The Hall–Kier alpha value is -2.01. The highest BCUT2D eigenvalue weighted by molar-refractivity contribution is 5.32. The van der Waals surface area contributed by atoms with Crippen molar-refractivity contribution in [2.45, 2.75) is 12.8 Å². The first-order valence-electron chi connectivity index (χ1n) is 4.87. The van der Waals surface area contributed by atoms with E-state index in [1.807, 2.05) is 54.3 Å². The summed E-state index contributed by atoms with van der Waals surface area (Å²) in [7, 11) is 0. The maximum Gasteiger partial charge on any atom is 0.0645 e. The van der Waals surface area contributed by atoms with Crippen LogP contribution in [-0.2, 0) is 0 Å². The van der Waals surface area contributed by atoms with Crippen molar-refractivity contribution in [3.63, 3.8) is 0 Å². The lowest BCUT2D eigenvalue weighted by atomic mass is 10.1. The third-order valence-corrected chi connectivity index (χ3v) is 2.37. The van der Waals surface area contributed by atoms with Crippen molar-refractivity contribution in [2.24, 2.45) is 0 Å². The maximum atomic E-state index is 5.36. The molecule has 0 radical (unpaired) electrons. The summed E-state index contributed by atoms with van der Waals surface area (Å²) >= 11 is 0. The molecule has 1 aromatic heterocycles. The van der Waals surface area contributed by atoms with Crippen LogP contribution in [0.3, 0.4) is 0 Å². The lowest BCUT2D eigenvalue weighted by Crippen LogP contribution is -1.93. The van der Waals surface area contributed by atoms with E-state index in [4.69, 9.17) is 6.42 Å². The first kappa shape index (κ1) is 9.54. The van der Waals surface area contributed by atoms with Crippen molar-refractivity contribution in [1.29, 1.82) is 0 Å². The van der Waals surface area contributed by atoms with Crippen molar-refractivity contribution >= 4 is 0 Å². The third-order valence-electron chi connectivity index (χ3n) is 2.37. The molecule has 15 heavy (non-hydrogen) atoms. The average molecular weight is 196 g/mol. The molecular formula is C13H12N2. The summed E-state index contributed by atoms with van der Waals surface area (Å²) in [5.74, 6) is 2.81. The smallest absolute Gasteiger partial charge is 0.0645 e. The number of hydrogen-bond donors (Lipinski definition) is 0. The lowest BCUT2D eigenvalue weighted by Gasteiger charge is -2.00. The topological polar surface area (TPSA) is 17.8 Å². The Morgan fingerprint density at radius 3 is 2.73 bits per heavy atom. The minimum atomic E-state index is 0.113. The van der Waals surface area contributed by atoms with Gasteiger partial charge < -0.3 is 0 Å². The van der Waals surface area contributed by atoms with Crippen LogP contribution in [0.2, 0.25) is 0 Å². The van der Waals surface area contributed by atoms with Crippen LogP contribution in [0.5, 0.6) is 0 Å². The van der Waals surface area contributed by atoms with Gasteiger partial charge in [0.1, 0.15) is 0 Å². The van der Waals surface area contributed by atoms with E-state index >= 15 is 0 Å². The summed E-state index contributed by atoms with van der Waals surface area (Å²) in [6.45, 7) is 1.99. The van der Waals surface area contributed by atoms with Gasteiger partial charge in [-0.15, -0.1) is 6.42 Å². The van der Waals surface area contributed by atoms with Crippen LogP contribution in [0.4, 0.5) is 0 Å². The number of terminal acetylenes is 1. The minimum Gasteiger partial charge on any atom is -0.241 e. The monoisotopic (exact) mass is 196 g/mol. The third kappa shape index (κ3) is 1.92. The SMILES string of the molecule is C#CC(C)c1cnn(-c2ccccc2)c1. The van der Waals surface area contributed by atoms with E-state index in [1.54, 1.807) is 0 Å². The van der Waals surface area contributed by atoms with Gasteiger partial charge in [0.15, 0.2) is 0 Å². The molecule has 0 bridgehead atoms. The van der Waals surface area contributed by atoms with E-state index in [0.717, 1.165) is 11.3 Å². The summed E-state index contributed by atoms with van der Waals surface area (Å²) in [5.41, 5.74) is 2.12. The summed E-state index contributed by atoms with van der Waals surface area (Å²) < 4.78 is 1.84. The van der Waals surface area contributed by atoms with Crippen LogP contribution in [0.15, 0.2) is 42.7 Å². The van der Waals surface area contributed by atoms with Gasteiger partial charge in [0, 0.05) is 17.7 Å². The van der Waals surface area contributed by atoms with Crippen LogP contribution in [0, 0.1) is 12.3 Å². The number of rotatable bonds is 2. The van der Waals surface area contributed by atoms with Crippen molar-refractivity contribution in [3.8, 4) is 18.0 Å². The van der Waals surface area contributed by atoms with Crippen molar-refractivity contribution in [3.05, 3.63) is 48.3 Å². The Labute approximate surface area is 89.6 Å². The number of para-hydroxylation sites is 1. The highest BCUT2D eigenvalue weighted by Gasteiger charge is 2.05. The van der Waals surface area contributed by atoms with Gasteiger partial charge in [-0.1, -0.05) is 24.1 Å². The fraction of sp³-hybridized carbons (Fsp3) is 0.154. The molecule has 1 unspecified atom stereocenters. The largest absolute Gasteiger partial charge is 0.241 e. The summed E-state index contributed by atoms with van der Waals surface area (Å²) in [6.07, 6.45) is 9.15. The molecule has 2 nitrogen and oxygen atoms in total. The van der Waals surface area contributed by atoms with E-state index < -0.39 is 0 Å². The van der Waals surface area contributed by atoms with Gasteiger partial charge in [0.05, 0.1) is 11.9 Å². The Morgan fingerprint density at radius 1 is 1.33 bits per heavy atom. The average Bonchev–Trinajstić information content (AvgIpc) is 2.78. The van der Waals surface area contributed by atoms with E-state index in [0.29, 0.717) is 0 Å². The van der Waals surface area contributed by atoms with Crippen molar-refractivity contribution < 1.29 is 0 Å². The van der Waals surface area contributed by atoms with Crippen LogP contribution < -0.4 is 0 Å². The van der Waals surface area contributed by atoms with E-state index in [9.17, 15) is 0 Å². The number of nitrogens with zero attached hydrogens (tertiary/aromatic N) is 2. The fourth-order valence-electron chi connectivity index (χ4n) is 1.38. The highest BCUT2D eigenvalue weighted by atomic mass is 15.3. The molecule has 1 aromatic carbocycles. The van der Waals surface area contributed by atoms with Crippen LogP contribution in [0.1, 0.15) is 18.4 Å². The van der Waals surface area contributed by atoms with E-state index in [-0.39, 0.29) is 5.92 Å². The molecule has 2 aromatic rings. The van der Waals surface area contributed by atoms with Gasteiger partial charge in [-0.25, -0.2) is 4.68 Å². The Bertz CT molecular complexity index is 477. The summed E-state index contributed by atoms with van der Waals surface area (Å²) in [6, 6.07) is 9.98. The zero-order valence-corrected chi connectivity index (χ0v) is 8.59. The molecule has 1 heterocycles. The van der Waals surface area contributed by atoms with Gasteiger partial charge in [0.25, 0.3) is 0 Å². The first-order valence-corrected chi connectivity index (χ1v) is 4.87. The van der Waals surface area contributed by atoms with Crippen LogP contribution in [-0.4, -0.2) is 9.78 Å². The first-order chi connectivity index (χ1) is 7.31. The molecular weight excluding hydrogens is 184 g/mol. The predicted molar refractivity (Wildman–Crippen MR) is 60.8 cm³/mol. The highest BCUT2D eigenvalue weighted by Crippen LogP contribution is 2.15. The number of aromatic nitrogens is 2. The Kier molecular flexibility index (Phi) is 2.55. The Morgan fingerprint density at radius 2 is 2.07 bits per heavy atom. The number of hydrogen-bond acceptors (Lipinski definition) is 1. The molecule has 0 saturated carbocycles. The van der Waals surface area contributed by atoms with E-state index in [1.165, 1.54) is 0 Å². The number of benzene rings is 1. The predicted octanol–water partition coefficient (Wildman–Crippen LogP) is 2.61. The molecule has 0 aliphatic carbocycles. The van der Waals surface area contributed by atoms with Gasteiger partial charge in [-0.3, -0.25) is 0 Å². The molecule has 2 rings (SSSR count). The van der Waals surface area contributed by atoms with Crippen LogP contribution in [0.25, 0.3) is 5.69 Å². The molecule has 0 spiro atoms. The molecule has 2 heteroatoms. The van der Waals surface area contributed by atoms with Crippen LogP contribution >= 0.6 is 0 Å². The second-order valence-corrected chi connectivity index (χ2v) is 3.44. The molecule has 0 saturated heterocycles. The zero-order chi connectivity index (χ0) is 10.7. The maximum absolute atomic E-state index is 5.36. The van der Waals surface area contributed by atoms with Gasteiger partial charge in [0.2, 0.25) is 0 Å². The van der Waals surface area contributed by atoms with E-state index in [2.05, 4.69) is 11.0 Å². The molecule has 0 aliphatic heterocycles. The molecule has 1 atom stereocenters. The normalized spacial score (nSPS) is 12.0. The summed E-state index contributed by atoms with van der Waals surface area (Å²) in [4.78, 5) is 0. The van der Waals surface area contributed by atoms with Gasteiger partial charge in [-0.2, -0.15) is 5.10 Å². The molecule has 0 fully saturated rings. The standard InChI is InChI=1S/C13H12N2/c1-3-11(2)12-9-14-15(10-12)13-7-5-4-6-8-13/h1,4-11H,2H3. The lowest BCUT2D eigenvalue weighted by molar-refractivity contribution is 0.879. The van der Waals surface area contributed by atoms with Gasteiger partial charge in [-0.05, 0) is 19.1 Å². The molecule has 0 N–H and O–H groups in total. The zero-order valence-electron chi connectivity index (χ0n) is 8.59. The molecule has 0 aliphatic rings. The Balaban J connectivity index is 2.33. The molecule has 74 valence electrons. The quantitative estimate of drug-likeness (QED) is 0.675. The second-order valence-electron chi connectivity index (χ2n) is 3.44. The van der Waals surface area contributed by atoms with Gasteiger partial charge >= 0.3 is 0 Å². The summed E-state index contributed by atoms with van der Waals surface area (Å²) in [5, 5.41) is 4.28. The molecule has 0 amide bonds.